The predicted octanol–water partition coefficient (Wildman–Crippen LogP) is 5.51. The van der Waals surface area contributed by atoms with Crippen molar-refractivity contribution in [1.82, 2.24) is 9.47 Å². The minimum atomic E-state index is -4.58. The van der Waals surface area contributed by atoms with Crippen molar-refractivity contribution >= 4 is 17.2 Å². The van der Waals surface area contributed by atoms with Gasteiger partial charge in [-0.05, 0) is 62.9 Å². The first-order valence-electron chi connectivity index (χ1n) is 12.8. The Labute approximate surface area is 220 Å². The van der Waals surface area contributed by atoms with E-state index in [0.29, 0.717) is 24.6 Å². The number of carbonyl (C=O) groups is 1. The Morgan fingerprint density at radius 3 is 2.65 bits per heavy atom. The lowest BCUT2D eigenvalue weighted by Crippen LogP contribution is -2.34. The molecule has 10 heteroatoms. The maximum Gasteiger partial charge on any atom is 0.416 e. The molecule has 0 spiro atoms. The number of aromatic nitrogens is 1. The van der Waals surface area contributed by atoms with Crippen molar-refractivity contribution in [2.45, 2.75) is 70.7 Å². The van der Waals surface area contributed by atoms with Crippen molar-refractivity contribution in [2.75, 3.05) is 33.4 Å². The van der Waals surface area contributed by atoms with Crippen LogP contribution in [0.5, 0.6) is 5.75 Å². The molecule has 2 aliphatic heterocycles. The molecule has 0 aliphatic carbocycles. The number of benzene rings is 1. The monoisotopic (exact) mass is 539 g/mol. The molecule has 1 aromatic carbocycles. The van der Waals surface area contributed by atoms with Gasteiger partial charge >= 0.3 is 6.18 Å². The number of likely N-dealkylation sites (tertiary alicyclic amines) is 1. The van der Waals surface area contributed by atoms with Crippen molar-refractivity contribution in [2.24, 2.45) is 10.9 Å². The maximum atomic E-state index is 13.5. The van der Waals surface area contributed by atoms with Gasteiger partial charge in [-0.3, -0.25) is 4.79 Å². The van der Waals surface area contributed by atoms with Gasteiger partial charge in [-0.15, -0.1) is 11.3 Å². The molecular weight excluding hydrogens is 503 g/mol. The van der Waals surface area contributed by atoms with Gasteiger partial charge in [0.2, 0.25) is 0 Å². The van der Waals surface area contributed by atoms with E-state index < -0.39 is 17.6 Å². The zero-order chi connectivity index (χ0) is 26.8. The third kappa shape index (κ3) is 7.23. The van der Waals surface area contributed by atoms with Gasteiger partial charge in [0.15, 0.2) is 4.80 Å². The molecule has 6 nitrogen and oxygen atoms in total. The van der Waals surface area contributed by atoms with Crippen LogP contribution in [0.1, 0.15) is 67.3 Å². The normalized spacial score (nSPS) is 22.0. The first-order chi connectivity index (χ1) is 17.4. The van der Waals surface area contributed by atoms with E-state index in [0.717, 1.165) is 55.8 Å². The lowest BCUT2D eigenvalue weighted by Gasteiger charge is -2.29. The highest BCUT2D eigenvalue weighted by Gasteiger charge is 2.32. The molecular formula is C27H36F3N3O3S. The molecule has 4 rings (SSSR count). The number of nitrogens with zero attached hydrogens (tertiary/aromatic N) is 3. The van der Waals surface area contributed by atoms with Crippen LogP contribution >= 0.6 is 11.3 Å². The topological polar surface area (TPSA) is 56.1 Å². The Hall–Kier alpha value is -2.17. The zero-order valence-electron chi connectivity index (χ0n) is 21.9. The molecule has 37 heavy (non-hydrogen) atoms. The number of halogens is 3. The van der Waals surface area contributed by atoms with Crippen LogP contribution in [-0.4, -0.2) is 54.8 Å². The molecule has 1 amide bonds. The van der Waals surface area contributed by atoms with E-state index in [2.05, 4.69) is 30.7 Å². The van der Waals surface area contributed by atoms with Gasteiger partial charge in [-0.25, -0.2) is 0 Å². The van der Waals surface area contributed by atoms with Gasteiger partial charge in [-0.1, -0.05) is 20.8 Å². The Bertz CT molecular complexity index is 1160. The molecule has 204 valence electrons. The van der Waals surface area contributed by atoms with Crippen LogP contribution in [0.15, 0.2) is 29.4 Å². The standard InChI is InChI=1S/C27H36F3N3O3S/c1-26(2,3)23-16-33(15-20-8-6-12-35-20)25(37-23)31-24(34)21-13-19(27(28,29)30)9-10-22(21)36-17-18-7-5-11-32(4)14-18/h9-10,13,16,18,20H,5-8,11-12,14-15,17H2,1-4H3/t18-,20+/m0/s1. The van der Waals surface area contributed by atoms with Gasteiger partial charge in [-0.2, -0.15) is 18.2 Å². The van der Waals surface area contributed by atoms with Crippen LogP contribution < -0.4 is 9.54 Å². The first-order valence-corrected chi connectivity index (χ1v) is 13.7. The number of piperidine rings is 1. The van der Waals surface area contributed by atoms with Crippen LogP contribution in [0.3, 0.4) is 0 Å². The summed E-state index contributed by atoms with van der Waals surface area (Å²) < 4.78 is 54.2. The maximum absolute atomic E-state index is 13.5. The van der Waals surface area contributed by atoms with E-state index in [1.165, 1.54) is 17.4 Å². The zero-order valence-corrected chi connectivity index (χ0v) is 22.8. The Balaban J connectivity index is 1.67. The van der Waals surface area contributed by atoms with E-state index in [9.17, 15) is 18.0 Å². The minimum Gasteiger partial charge on any atom is -0.492 e. The van der Waals surface area contributed by atoms with Crippen LogP contribution in [-0.2, 0) is 22.9 Å². The molecule has 2 aliphatic rings. The van der Waals surface area contributed by atoms with Gasteiger partial charge in [0.05, 0.1) is 30.4 Å². The molecule has 2 fully saturated rings. The summed E-state index contributed by atoms with van der Waals surface area (Å²) in [5.74, 6) is -0.361. The predicted molar refractivity (Wildman–Crippen MR) is 137 cm³/mol. The summed E-state index contributed by atoms with van der Waals surface area (Å²) in [6.45, 7) is 9.66. The van der Waals surface area contributed by atoms with Gasteiger partial charge < -0.3 is 18.9 Å². The van der Waals surface area contributed by atoms with Crippen molar-refractivity contribution in [3.05, 3.63) is 45.2 Å². The number of hydrogen-bond donors (Lipinski definition) is 0. The fourth-order valence-electron chi connectivity index (χ4n) is 4.72. The molecule has 0 bridgehead atoms. The smallest absolute Gasteiger partial charge is 0.416 e. The summed E-state index contributed by atoms with van der Waals surface area (Å²) in [6, 6.07) is 3.06. The molecule has 1 aromatic heterocycles. The van der Waals surface area contributed by atoms with Crippen molar-refractivity contribution in [1.29, 1.82) is 0 Å². The number of rotatable bonds is 6. The number of hydrogen-bond acceptors (Lipinski definition) is 5. The summed E-state index contributed by atoms with van der Waals surface area (Å²) in [5.41, 5.74) is -1.24. The van der Waals surface area contributed by atoms with Gasteiger partial charge in [0.1, 0.15) is 5.75 Å². The molecule has 0 unspecified atom stereocenters. The Kier molecular flexibility index (Phi) is 8.50. The summed E-state index contributed by atoms with van der Waals surface area (Å²) in [4.78, 5) is 21.4. The average molecular weight is 540 g/mol. The second kappa shape index (κ2) is 11.3. The number of carbonyl (C=O) groups excluding carboxylic acids is 1. The molecule has 3 heterocycles. The fourth-order valence-corrected chi connectivity index (χ4v) is 5.77. The van der Waals surface area contributed by atoms with E-state index in [4.69, 9.17) is 9.47 Å². The lowest BCUT2D eigenvalue weighted by atomic mass is 9.95. The quantitative estimate of drug-likeness (QED) is 0.486. The van der Waals surface area contributed by atoms with Crippen LogP contribution in [0.2, 0.25) is 0 Å². The van der Waals surface area contributed by atoms with Gasteiger partial charge in [0.25, 0.3) is 5.91 Å². The highest BCUT2D eigenvalue weighted by atomic mass is 32.1. The van der Waals surface area contributed by atoms with E-state index in [1.54, 1.807) is 0 Å². The molecule has 0 radical (unpaired) electrons. The summed E-state index contributed by atoms with van der Waals surface area (Å²) in [6.07, 6.45) is 1.34. The minimum absolute atomic E-state index is 0.0255. The van der Waals surface area contributed by atoms with Crippen molar-refractivity contribution in [3.63, 3.8) is 0 Å². The third-order valence-corrected chi connectivity index (χ3v) is 8.26. The number of thiazole rings is 1. The fraction of sp³-hybridized carbons (Fsp3) is 0.630. The van der Waals surface area contributed by atoms with E-state index >= 15 is 0 Å². The number of amides is 1. The highest BCUT2D eigenvalue weighted by Crippen LogP contribution is 2.33. The lowest BCUT2D eigenvalue weighted by molar-refractivity contribution is -0.137. The third-order valence-electron chi connectivity index (χ3n) is 6.81. The largest absolute Gasteiger partial charge is 0.492 e. The van der Waals surface area contributed by atoms with Crippen molar-refractivity contribution in [3.8, 4) is 5.75 Å². The molecule has 2 atom stereocenters. The van der Waals surface area contributed by atoms with Crippen molar-refractivity contribution < 1.29 is 27.4 Å². The Morgan fingerprint density at radius 1 is 1.22 bits per heavy atom. The number of alkyl halides is 3. The summed E-state index contributed by atoms with van der Waals surface area (Å²) in [5, 5.41) is 0. The molecule has 0 saturated carbocycles. The summed E-state index contributed by atoms with van der Waals surface area (Å²) >= 11 is 1.38. The van der Waals surface area contributed by atoms with E-state index in [1.807, 2.05) is 17.8 Å². The molecule has 2 aromatic rings. The summed E-state index contributed by atoms with van der Waals surface area (Å²) in [7, 11) is 2.04. The van der Waals surface area contributed by atoms with Crippen LogP contribution in [0, 0.1) is 5.92 Å². The highest BCUT2D eigenvalue weighted by molar-refractivity contribution is 7.09. The second-order valence-electron chi connectivity index (χ2n) is 11.1. The van der Waals surface area contributed by atoms with Crippen LogP contribution in [0.25, 0.3) is 0 Å². The van der Waals surface area contributed by atoms with E-state index in [-0.39, 0.29) is 28.7 Å². The number of ether oxygens (including phenoxy) is 2. The van der Waals surface area contributed by atoms with Gasteiger partial charge in [0, 0.05) is 30.1 Å². The molecule has 0 N–H and O–H groups in total. The first kappa shape index (κ1) is 27.9. The second-order valence-corrected chi connectivity index (χ2v) is 12.1. The average Bonchev–Trinajstić information content (AvgIpc) is 3.47. The Morgan fingerprint density at radius 2 is 2.00 bits per heavy atom. The van der Waals surface area contributed by atoms with Crippen LogP contribution in [0.4, 0.5) is 13.2 Å². The SMILES string of the molecule is CN1CCC[C@H](COc2ccc(C(F)(F)F)cc2C(=O)N=c2sc(C(C)(C)C)cn2C[C@H]2CCCO2)C1. The molecule has 2 saturated heterocycles.